The first-order valence-corrected chi connectivity index (χ1v) is 7.81. The molecule has 0 bridgehead atoms. The molecular weight excluding hydrogens is 383 g/mol. The number of alkyl halides is 3. The van der Waals surface area contributed by atoms with E-state index in [1.165, 1.54) is 13.2 Å². The summed E-state index contributed by atoms with van der Waals surface area (Å²) in [7, 11) is 1.52. The standard InChI is InChI=1S/C18H13ClF3N3O2/c1-27-14-5-2-12(3-6-14)24-10-11(9-23)17(26)25-13-4-7-16(19)15(8-13)18(20,21)22/h2-8,10,24H,1H3,(H,25,26)/b11-10-. The quantitative estimate of drug-likeness (QED) is 0.562. The average Bonchev–Trinajstić information content (AvgIpc) is 2.63. The zero-order valence-electron chi connectivity index (χ0n) is 13.9. The smallest absolute Gasteiger partial charge is 0.417 e. The highest BCUT2D eigenvalue weighted by Gasteiger charge is 2.33. The maximum atomic E-state index is 12.9. The molecule has 1 amide bonds. The Balaban J connectivity index is 2.14. The minimum atomic E-state index is -4.67. The van der Waals surface area contributed by atoms with Gasteiger partial charge in [-0.15, -0.1) is 0 Å². The number of amides is 1. The van der Waals surface area contributed by atoms with E-state index in [4.69, 9.17) is 21.6 Å². The van der Waals surface area contributed by atoms with Gasteiger partial charge in [0.15, 0.2) is 0 Å². The van der Waals surface area contributed by atoms with Crippen molar-refractivity contribution in [2.24, 2.45) is 0 Å². The number of benzene rings is 2. The number of hydrogen-bond acceptors (Lipinski definition) is 4. The molecule has 9 heteroatoms. The highest BCUT2D eigenvalue weighted by atomic mass is 35.5. The van der Waals surface area contributed by atoms with Gasteiger partial charge in [0.05, 0.1) is 17.7 Å². The fourth-order valence-electron chi connectivity index (χ4n) is 2.01. The van der Waals surface area contributed by atoms with Crippen LogP contribution in [-0.4, -0.2) is 13.0 Å². The van der Waals surface area contributed by atoms with Crippen LogP contribution in [0.4, 0.5) is 24.5 Å². The number of nitriles is 1. The minimum Gasteiger partial charge on any atom is -0.497 e. The van der Waals surface area contributed by atoms with Crippen molar-refractivity contribution in [1.82, 2.24) is 0 Å². The van der Waals surface area contributed by atoms with Gasteiger partial charge < -0.3 is 15.4 Å². The van der Waals surface area contributed by atoms with E-state index in [9.17, 15) is 18.0 Å². The summed E-state index contributed by atoms with van der Waals surface area (Å²) in [5.41, 5.74) is -0.959. The highest BCUT2D eigenvalue weighted by molar-refractivity contribution is 6.31. The Morgan fingerprint density at radius 3 is 2.37 bits per heavy atom. The van der Waals surface area contributed by atoms with Gasteiger partial charge in [-0.05, 0) is 42.5 Å². The molecule has 0 saturated carbocycles. The van der Waals surface area contributed by atoms with Crippen LogP contribution in [0, 0.1) is 11.3 Å². The zero-order chi connectivity index (χ0) is 20.0. The van der Waals surface area contributed by atoms with Crippen molar-refractivity contribution in [3.8, 4) is 11.8 Å². The minimum absolute atomic E-state index is 0.137. The van der Waals surface area contributed by atoms with Crippen LogP contribution in [0.15, 0.2) is 54.2 Å². The Bertz CT molecular complexity index is 904. The van der Waals surface area contributed by atoms with Gasteiger partial charge in [-0.1, -0.05) is 11.6 Å². The number of halogens is 4. The second-order valence-electron chi connectivity index (χ2n) is 5.19. The second-order valence-corrected chi connectivity index (χ2v) is 5.60. The van der Waals surface area contributed by atoms with Gasteiger partial charge in [-0.2, -0.15) is 18.4 Å². The second kappa shape index (κ2) is 8.47. The predicted molar refractivity (Wildman–Crippen MR) is 95.4 cm³/mol. The lowest BCUT2D eigenvalue weighted by molar-refractivity contribution is -0.137. The summed E-state index contributed by atoms with van der Waals surface area (Å²) in [6.45, 7) is 0. The molecule has 27 heavy (non-hydrogen) atoms. The summed E-state index contributed by atoms with van der Waals surface area (Å²) in [6.07, 6.45) is -3.51. The maximum Gasteiger partial charge on any atom is 0.417 e. The van der Waals surface area contributed by atoms with Crippen molar-refractivity contribution in [2.45, 2.75) is 6.18 Å². The van der Waals surface area contributed by atoms with E-state index < -0.39 is 22.7 Å². The Morgan fingerprint density at radius 1 is 1.19 bits per heavy atom. The molecule has 140 valence electrons. The van der Waals surface area contributed by atoms with Gasteiger partial charge in [0.1, 0.15) is 17.4 Å². The molecule has 0 spiro atoms. The van der Waals surface area contributed by atoms with E-state index in [1.54, 1.807) is 30.3 Å². The van der Waals surface area contributed by atoms with Crippen LogP contribution in [0.2, 0.25) is 5.02 Å². The van der Waals surface area contributed by atoms with Crippen LogP contribution in [0.1, 0.15) is 5.56 Å². The summed E-state index contributed by atoms with van der Waals surface area (Å²) < 4.78 is 43.6. The van der Waals surface area contributed by atoms with Crippen LogP contribution < -0.4 is 15.4 Å². The molecule has 0 aromatic heterocycles. The molecular formula is C18H13ClF3N3O2. The number of nitrogens with zero attached hydrogens (tertiary/aromatic N) is 1. The molecule has 5 nitrogen and oxygen atoms in total. The lowest BCUT2D eigenvalue weighted by atomic mass is 10.2. The number of rotatable bonds is 5. The summed E-state index contributed by atoms with van der Waals surface area (Å²) in [5, 5.41) is 13.6. The fourth-order valence-corrected chi connectivity index (χ4v) is 2.23. The monoisotopic (exact) mass is 395 g/mol. The van der Waals surface area contributed by atoms with Crippen molar-refractivity contribution in [3.63, 3.8) is 0 Å². The topological polar surface area (TPSA) is 74.1 Å². The maximum absolute atomic E-state index is 12.9. The molecule has 0 aliphatic heterocycles. The van der Waals surface area contributed by atoms with Crippen molar-refractivity contribution >= 4 is 28.9 Å². The number of anilines is 2. The Kier molecular flexibility index (Phi) is 6.32. The molecule has 0 heterocycles. The van der Waals surface area contributed by atoms with E-state index in [0.717, 1.165) is 12.3 Å². The number of methoxy groups -OCH3 is 1. The molecule has 0 aliphatic rings. The Hall–Kier alpha value is -3.18. The first-order chi connectivity index (χ1) is 12.7. The number of carbonyl (C=O) groups is 1. The average molecular weight is 396 g/mol. The number of nitrogens with one attached hydrogen (secondary N) is 2. The lowest BCUT2D eigenvalue weighted by Crippen LogP contribution is -2.15. The van der Waals surface area contributed by atoms with Gasteiger partial charge in [-0.25, -0.2) is 0 Å². The van der Waals surface area contributed by atoms with Gasteiger partial charge in [-0.3, -0.25) is 4.79 Å². The van der Waals surface area contributed by atoms with Crippen molar-refractivity contribution < 1.29 is 22.7 Å². The van der Waals surface area contributed by atoms with Crippen molar-refractivity contribution in [1.29, 1.82) is 5.26 Å². The number of hydrogen-bond donors (Lipinski definition) is 2. The Morgan fingerprint density at radius 2 is 1.81 bits per heavy atom. The molecule has 0 fully saturated rings. The summed E-state index contributed by atoms with van der Waals surface area (Å²) in [4.78, 5) is 12.1. The molecule has 2 rings (SSSR count). The largest absolute Gasteiger partial charge is 0.497 e. The van der Waals surface area contributed by atoms with Crippen LogP contribution in [-0.2, 0) is 11.0 Å². The third kappa shape index (κ3) is 5.39. The first-order valence-electron chi connectivity index (χ1n) is 7.43. The van der Waals surface area contributed by atoms with Gasteiger partial charge in [0.25, 0.3) is 5.91 Å². The van der Waals surface area contributed by atoms with Crippen LogP contribution >= 0.6 is 11.6 Å². The van der Waals surface area contributed by atoms with Crippen molar-refractivity contribution in [3.05, 3.63) is 64.8 Å². The van der Waals surface area contributed by atoms with E-state index in [0.29, 0.717) is 17.5 Å². The molecule has 2 aromatic rings. The highest BCUT2D eigenvalue weighted by Crippen LogP contribution is 2.36. The summed E-state index contributed by atoms with van der Waals surface area (Å²) >= 11 is 5.53. The predicted octanol–water partition coefficient (Wildman–Crippen LogP) is 4.83. The van der Waals surface area contributed by atoms with E-state index >= 15 is 0 Å². The van der Waals surface area contributed by atoms with Crippen LogP contribution in [0.25, 0.3) is 0 Å². The van der Waals surface area contributed by atoms with Crippen LogP contribution in [0.5, 0.6) is 5.75 Å². The van der Waals surface area contributed by atoms with Crippen molar-refractivity contribution in [2.75, 3.05) is 17.7 Å². The third-order valence-corrected chi connectivity index (χ3v) is 3.70. The molecule has 0 unspecified atom stereocenters. The van der Waals surface area contributed by atoms with Crippen LogP contribution in [0.3, 0.4) is 0 Å². The third-order valence-electron chi connectivity index (χ3n) is 3.37. The molecule has 0 radical (unpaired) electrons. The Labute approximate surface area is 158 Å². The molecule has 0 aliphatic carbocycles. The van der Waals surface area contributed by atoms with E-state index in [1.807, 2.05) is 0 Å². The molecule has 2 N–H and O–H groups in total. The fraction of sp³-hybridized carbons (Fsp3) is 0.111. The molecule has 0 atom stereocenters. The summed E-state index contributed by atoms with van der Waals surface area (Å²) in [5.74, 6) is -0.236. The zero-order valence-corrected chi connectivity index (χ0v) is 14.7. The number of carbonyl (C=O) groups excluding carboxylic acids is 1. The first kappa shape index (κ1) is 20.1. The van der Waals surface area contributed by atoms with E-state index in [-0.39, 0.29) is 11.3 Å². The number of ether oxygens (including phenoxy) is 1. The molecule has 2 aromatic carbocycles. The normalized spacial score (nSPS) is 11.5. The molecule has 0 saturated heterocycles. The van der Waals surface area contributed by atoms with E-state index in [2.05, 4.69) is 10.6 Å². The van der Waals surface area contributed by atoms with Gasteiger partial charge in [0, 0.05) is 17.6 Å². The SMILES string of the molecule is COc1ccc(N/C=C(/C#N)C(=O)Nc2ccc(Cl)c(C(F)(F)F)c2)cc1. The summed E-state index contributed by atoms with van der Waals surface area (Å²) in [6, 6.07) is 11.3. The lowest BCUT2D eigenvalue weighted by Gasteiger charge is -2.11. The van der Waals surface area contributed by atoms with Gasteiger partial charge in [0.2, 0.25) is 0 Å². The van der Waals surface area contributed by atoms with Gasteiger partial charge >= 0.3 is 6.18 Å².